The van der Waals surface area contributed by atoms with Crippen molar-refractivity contribution < 1.29 is 19.1 Å². The third-order valence-electron chi connectivity index (χ3n) is 6.15. The number of anilines is 1. The molecule has 0 aliphatic carbocycles. The summed E-state index contributed by atoms with van der Waals surface area (Å²) in [5.41, 5.74) is 4.04. The standard InChI is InChI=1S/C27H26N2O4S/c1-17-7-9-19(10-8-17)15-29-21-5-3-4-6-24(21)34-25(27(29)31)18(2)26(30)28-14-20-11-12-22-23(13-20)33-16-32-22/h3-13,18,25H,14-16H2,1-2H3,(H,28,30)/t18-,25-/m1/s1. The zero-order valence-electron chi connectivity index (χ0n) is 19.1. The SMILES string of the molecule is Cc1ccc(CN2C(=O)[C@@H]([C@@H](C)C(=O)NCc3ccc4c(c3)OCO4)Sc3ccccc32)cc1. The molecule has 3 aromatic rings. The summed E-state index contributed by atoms with van der Waals surface area (Å²) in [7, 11) is 0. The quantitative estimate of drug-likeness (QED) is 0.562. The molecule has 2 atom stereocenters. The van der Waals surface area contributed by atoms with Gasteiger partial charge in [-0.3, -0.25) is 9.59 Å². The number of para-hydroxylation sites is 1. The van der Waals surface area contributed by atoms with Gasteiger partial charge in [0.15, 0.2) is 11.5 Å². The first kappa shape index (κ1) is 22.3. The van der Waals surface area contributed by atoms with Crippen LogP contribution in [-0.4, -0.2) is 23.9 Å². The molecule has 0 aromatic heterocycles. The third-order valence-corrected chi connectivity index (χ3v) is 7.62. The van der Waals surface area contributed by atoms with Crippen molar-refractivity contribution in [2.45, 2.75) is 37.1 Å². The number of nitrogens with one attached hydrogen (secondary N) is 1. The van der Waals surface area contributed by atoms with Crippen molar-refractivity contribution >= 4 is 29.3 Å². The minimum atomic E-state index is -0.503. The number of amides is 2. The molecule has 2 aliphatic rings. The smallest absolute Gasteiger partial charge is 0.241 e. The topological polar surface area (TPSA) is 67.9 Å². The summed E-state index contributed by atoms with van der Waals surface area (Å²) in [6.45, 7) is 4.90. The minimum absolute atomic E-state index is 0.0463. The largest absolute Gasteiger partial charge is 0.454 e. The number of benzene rings is 3. The molecule has 2 amide bonds. The maximum atomic E-state index is 13.6. The zero-order chi connectivity index (χ0) is 23.7. The second-order valence-corrected chi connectivity index (χ2v) is 9.79. The number of nitrogens with zero attached hydrogens (tertiary/aromatic N) is 1. The first-order valence-electron chi connectivity index (χ1n) is 11.3. The third kappa shape index (κ3) is 4.48. The number of rotatable bonds is 6. The van der Waals surface area contributed by atoms with E-state index < -0.39 is 11.2 Å². The van der Waals surface area contributed by atoms with Gasteiger partial charge in [-0.25, -0.2) is 0 Å². The molecule has 174 valence electrons. The van der Waals surface area contributed by atoms with Crippen molar-refractivity contribution in [3.63, 3.8) is 0 Å². The Hall–Kier alpha value is -3.45. The average molecular weight is 475 g/mol. The molecule has 0 unspecified atom stereocenters. The fourth-order valence-electron chi connectivity index (χ4n) is 4.13. The van der Waals surface area contributed by atoms with Crippen molar-refractivity contribution in [3.05, 3.63) is 83.4 Å². The van der Waals surface area contributed by atoms with Gasteiger partial charge in [-0.15, -0.1) is 11.8 Å². The summed E-state index contributed by atoms with van der Waals surface area (Å²) >= 11 is 1.47. The molecule has 6 nitrogen and oxygen atoms in total. The summed E-state index contributed by atoms with van der Waals surface area (Å²) in [6, 6.07) is 21.7. The highest BCUT2D eigenvalue weighted by Gasteiger charge is 2.39. The number of ether oxygens (including phenoxy) is 2. The van der Waals surface area contributed by atoms with Crippen molar-refractivity contribution in [1.82, 2.24) is 5.32 Å². The van der Waals surface area contributed by atoms with E-state index in [4.69, 9.17) is 9.47 Å². The van der Waals surface area contributed by atoms with Gasteiger partial charge in [0, 0.05) is 11.4 Å². The predicted octanol–water partition coefficient (Wildman–Crippen LogP) is 4.68. The van der Waals surface area contributed by atoms with Gasteiger partial charge in [0.2, 0.25) is 18.6 Å². The van der Waals surface area contributed by atoms with Crippen LogP contribution in [0.15, 0.2) is 71.6 Å². The first-order chi connectivity index (χ1) is 16.5. The Bertz CT molecular complexity index is 1230. The van der Waals surface area contributed by atoms with Gasteiger partial charge in [0.1, 0.15) is 5.25 Å². The number of hydrogen-bond donors (Lipinski definition) is 1. The van der Waals surface area contributed by atoms with E-state index in [1.54, 1.807) is 0 Å². The molecule has 7 heteroatoms. The maximum Gasteiger partial charge on any atom is 0.241 e. The monoisotopic (exact) mass is 474 g/mol. The van der Waals surface area contributed by atoms with Gasteiger partial charge in [0.05, 0.1) is 18.2 Å². The number of carbonyl (C=O) groups excluding carboxylic acids is 2. The second-order valence-electron chi connectivity index (χ2n) is 8.61. The summed E-state index contributed by atoms with van der Waals surface area (Å²) < 4.78 is 10.8. The van der Waals surface area contributed by atoms with Crippen LogP contribution in [0.5, 0.6) is 11.5 Å². The average Bonchev–Trinajstić information content (AvgIpc) is 3.33. The highest BCUT2D eigenvalue weighted by molar-refractivity contribution is 8.01. The van der Waals surface area contributed by atoms with Crippen LogP contribution >= 0.6 is 11.8 Å². The molecule has 0 spiro atoms. The van der Waals surface area contributed by atoms with Gasteiger partial charge in [-0.2, -0.15) is 0 Å². The Kier molecular flexibility index (Phi) is 6.20. The van der Waals surface area contributed by atoms with E-state index in [0.29, 0.717) is 24.6 Å². The Morgan fingerprint density at radius 2 is 1.79 bits per heavy atom. The van der Waals surface area contributed by atoms with Gasteiger partial charge in [-0.05, 0) is 42.3 Å². The van der Waals surface area contributed by atoms with E-state index in [0.717, 1.165) is 21.7 Å². The molecule has 0 fully saturated rings. The van der Waals surface area contributed by atoms with Crippen LogP contribution in [0.2, 0.25) is 0 Å². The number of carbonyl (C=O) groups is 2. The molecule has 3 aromatic carbocycles. The Morgan fingerprint density at radius 1 is 1.06 bits per heavy atom. The molecule has 1 N–H and O–H groups in total. The number of aryl methyl sites for hydroxylation is 1. The Labute approximate surface area is 203 Å². The Balaban J connectivity index is 1.31. The van der Waals surface area contributed by atoms with Crippen molar-refractivity contribution in [1.29, 1.82) is 0 Å². The minimum Gasteiger partial charge on any atom is -0.454 e. The van der Waals surface area contributed by atoms with E-state index in [2.05, 4.69) is 5.32 Å². The highest BCUT2D eigenvalue weighted by Crippen LogP contribution is 2.42. The van der Waals surface area contributed by atoms with Crippen LogP contribution in [0.25, 0.3) is 0 Å². The number of hydrogen-bond acceptors (Lipinski definition) is 5. The lowest BCUT2D eigenvalue weighted by Crippen LogP contribution is -2.47. The summed E-state index contributed by atoms with van der Waals surface area (Å²) in [4.78, 5) is 29.5. The van der Waals surface area contributed by atoms with Gasteiger partial charge >= 0.3 is 0 Å². The summed E-state index contributed by atoms with van der Waals surface area (Å²) in [6.07, 6.45) is 0. The van der Waals surface area contributed by atoms with E-state index in [-0.39, 0.29) is 18.6 Å². The first-order valence-corrected chi connectivity index (χ1v) is 12.2. The molecule has 2 heterocycles. The fourth-order valence-corrected chi connectivity index (χ4v) is 5.42. The summed E-state index contributed by atoms with van der Waals surface area (Å²) in [5, 5.41) is 2.48. The predicted molar refractivity (Wildman–Crippen MR) is 132 cm³/mol. The normalized spacial score (nSPS) is 17.3. The fraction of sp³-hybridized carbons (Fsp3) is 0.259. The molecule has 0 radical (unpaired) electrons. The van der Waals surface area contributed by atoms with E-state index >= 15 is 0 Å². The van der Waals surface area contributed by atoms with Crippen molar-refractivity contribution in [2.75, 3.05) is 11.7 Å². The van der Waals surface area contributed by atoms with Crippen LogP contribution in [-0.2, 0) is 22.7 Å². The van der Waals surface area contributed by atoms with Crippen LogP contribution in [0, 0.1) is 12.8 Å². The summed E-state index contributed by atoms with van der Waals surface area (Å²) in [5.74, 6) is 0.690. The Morgan fingerprint density at radius 3 is 2.62 bits per heavy atom. The molecule has 0 saturated heterocycles. The van der Waals surface area contributed by atoms with Gasteiger partial charge in [0.25, 0.3) is 0 Å². The molecular formula is C27H26N2O4S. The van der Waals surface area contributed by atoms with Gasteiger partial charge in [-0.1, -0.05) is 55.0 Å². The van der Waals surface area contributed by atoms with Crippen LogP contribution < -0.4 is 19.7 Å². The lowest BCUT2D eigenvalue weighted by Gasteiger charge is -2.35. The number of thioether (sulfide) groups is 1. The molecule has 5 rings (SSSR count). The van der Waals surface area contributed by atoms with Crippen molar-refractivity contribution in [3.8, 4) is 11.5 Å². The van der Waals surface area contributed by atoms with Crippen LogP contribution in [0.3, 0.4) is 0 Å². The molecule has 34 heavy (non-hydrogen) atoms. The van der Waals surface area contributed by atoms with E-state index in [1.807, 2.05) is 85.5 Å². The maximum absolute atomic E-state index is 13.6. The molecule has 0 saturated carbocycles. The lowest BCUT2D eigenvalue weighted by atomic mass is 10.0. The molecule has 0 bridgehead atoms. The molecular weight excluding hydrogens is 448 g/mol. The molecule has 2 aliphatic heterocycles. The van der Waals surface area contributed by atoms with Crippen LogP contribution in [0.4, 0.5) is 5.69 Å². The zero-order valence-corrected chi connectivity index (χ0v) is 19.9. The van der Waals surface area contributed by atoms with E-state index in [9.17, 15) is 9.59 Å². The second kappa shape index (κ2) is 9.43. The van der Waals surface area contributed by atoms with Crippen molar-refractivity contribution in [2.24, 2.45) is 5.92 Å². The highest BCUT2D eigenvalue weighted by atomic mass is 32.2. The lowest BCUT2D eigenvalue weighted by molar-refractivity contribution is -0.128. The van der Waals surface area contributed by atoms with E-state index in [1.165, 1.54) is 17.3 Å². The number of fused-ring (bicyclic) bond motifs is 2. The van der Waals surface area contributed by atoms with Crippen LogP contribution in [0.1, 0.15) is 23.6 Å². The van der Waals surface area contributed by atoms with Gasteiger partial charge < -0.3 is 19.7 Å².